The highest BCUT2D eigenvalue weighted by molar-refractivity contribution is 14.0. The molecule has 29 heavy (non-hydrogen) atoms. The maximum absolute atomic E-state index is 5.65. The van der Waals surface area contributed by atoms with E-state index in [0.717, 1.165) is 28.8 Å². The molecule has 7 nitrogen and oxygen atoms in total. The average Bonchev–Trinajstić information content (AvgIpc) is 3.02. The molecular formula is C20H31IN4O3S. The van der Waals surface area contributed by atoms with E-state index in [0.29, 0.717) is 36.9 Å². The van der Waals surface area contributed by atoms with Gasteiger partial charge in [-0.25, -0.2) is 9.98 Å². The van der Waals surface area contributed by atoms with Gasteiger partial charge in [0.1, 0.15) is 5.01 Å². The van der Waals surface area contributed by atoms with E-state index in [1.54, 1.807) is 25.6 Å². The van der Waals surface area contributed by atoms with Crippen LogP contribution in [0.4, 0.5) is 0 Å². The molecule has 0 saturated heterocycles. The molecule has 0 fully saturated rings. The Balaban J connectivity index is 0.00000420. The molecule has 0 amide bonds. The van der Waals surface area contributed by atoms with Gasteiger partial charge >= 0.3 is 0 Å². The molecule has 2 aromatic rings. The normalized spacial score (nSPS) is 10.9. The van der Waals surface area contributed by atoms with Crippen LogP contribution < -0.4 is 24.8 Å². The third kappa shape index (κ3) is 7.22. The quantitative estimate of drug-likeness (QED) is 0.287. The van der Waals surface area contributed by atoms with Crippen molar-refractivity contribution < 1.29 is 14.2 Å². The summed E-state index contributed by atoms with van der Waals surface area (Å²) in [6.45, 7) is 10.5. The molecule has 0 bridgehead atoms. The van der Waals surface area contributed by atoms with E-state index in [1.807, 2.05) is 32.9 Å². The van der Waals surface area contributed by atoms with Crippen LogP contribution >= 0.6 is 35.3 Å². The Hall–Kier alpha value is -1.75. The number of aryl methyl sites for hydroxylation is 2. The number of halogens is 1. The van der Waals surface area contributed by atoms with E-state index < -0.39 is 0 Å². The zero-order valence-electron chi connectivity index (χ0n) is 17.9. The highest BCUT2D eigenvalue weighted by Crippen LogP contribution is 2.38. The van der Waals surface area contributed by atoms with Gasteiger partial charge in [0.05, 0.1) is 39.6 Å². The molecule has 0 saturated carbocycles. The highest BCUT2D eigenvalue weighted by Gasteiger charge is 2.14. The van der Waals surface area contributed by atoms with Crippen molar-refractivity contribution in [2.24, 2.45) is 4.99 Å². The third-order valence-electron chi connectivity index (χ3n) is 4.05. The van der Waals surface area contributed by atoms with Crippen LogP contribution in [-0.2, 0) is 13.1 Å². The van der Waals surface area contributed by atoms with Crippen molar-refractivity contribution in [3.05, 3.63) is 33.3 Å². The number of nitrogens with one attached hydrogen (secondary N) is 2. The van der Waals surface area contributed by atoms with Crippen LogP contribution in [0.5, 0.6) is 17.2 Å². The monoisotopic (exact) mass is 534 g/mol. The first-order valence-electron chi connectivity index (χ1n) is 9.35. The summed E-state index contributed by atoms with van der Waals surface area (Å²) in [7, 11) is 3.24. The van der Waals surface area contributed by atoms with Gasteiger partial charge in [0.25, 0.3) is 0 Å². The Morgan fingerprint density at radius 3 is 2.24 bits per heavy atom. The molecule has 0 atom stereocenters. The number of hydrogen-bond donors (Lipinski definition) is 2. The maximum Gasteiger partial charge on any atom is 0.203 e. The van der Waals surface area contributed by atoms with Crippen LogP contribution in [0.15, 0.2) is 17.1 Å². The number of nitrogens with zero attached hydrogens (tertiary/aromatic N) is 2. The number of benzene rings is 1. The lowest BCUT2D eigenvalue weighted by molar-refractivity contribution is 0.288. The number of rotatable bonds is 9. The molecule has 0 unspecified atom stereocenters. The molecule has 162 valence electrons. The first kappa shape index (κ1) is 25.3. The Labute approximate surface area is 194 Å². The Morgan fingerprint density at radius 2 is 1.76 bits per heavy atom. The number of methoxy groups -OCH3 is 2. The fraction of sp³-hybridized carbons (Fsp3) is 0.500. The summed E-state index contributed by atoms with van der Waals surface area (Å²) in [6.07, 6.45) is 0. The lowest BCUT2D eigenvalue weighted by Gasteiger charge is -2.15. The van der Waals surface area contributed by atoms with Crippen molar-refractivity contribution in [3.8, 4) is 17.2 Å². The standard InChI is InChI=1S/C20H30N4O3S.HI/c1-7-21-20(23-12-18-24-13(3)14(4)28-18)22-11-15-9-16(25-5)19(27-8-2)17(10-15)26-6;/h9-10H,7-8,11-12H2,1-6H3,(H2,21,22,23);1H. The molecule has 2 rings (SSSR count). The minimum Gasteiger partial charge on any atom is -0.493 e. The van der Waals surface area contributed by atoms with Crippen LogP contribution in [0, 0.1) is 13.8 Å². The summed E-state index contributed by atoms with van der Waals surface area (Å²) in [4.78, 5) is 10.5. The van der Waals surface area contributed by atoms with Gasteiger partial charge in [-0.1, -0.05) is 0 Å². The summed E-state index contributed by atoms with van der Waals surface area (Å²) in [5, 5.41) is 7.64. The van der Waals surface area contributed by atoms with E-state index in [9.17, 15) is 0 Å². The maximum atomic E-state index is 5.65. The molecule has 0 radical (unpaired) electrons. The largest absolute Gasteiger partial charge is 0.493 e. The van der Waals surface area contributed by atoms with Gasteiger partial charge < -0.3 is 24.8 Å². The summed E-state index contributed by atoms with van der Waals surface area (Å²) >= 11 is 1.70. The molecule has 9 heteroatoms. The van der Waals surface area contributed by atoms with Gasteiger partial charge in [0.2, 0.25) is 5.75 Å². The predicted molar refractivity (Wildman–Crippen MR) is 129 cm³/mol. The summed E-state index contributed by atoms with van der Waals surface area (Å²) < 4.78 is 16.6. The van der Waals surface area contributed by atoms with Crippen molar-refractivity contribution in [3.63, 3.8) is 0 Å². The second-order valence-electron chi connectivity index (χ2n) is 6.06. The minimum absolute atomic E-state index is 0. The van der Waals surface area contributed by atoms with E-state index in [4.69, 9.17) is 14.2 Å². The van der Waals surface area contributed by atoms with Gasteiger partial charge in [0, 0.05) is 11.4 Å². The van der Waals surface area contributed by atoms with Crippen molar-refractivity contribution >= 4 is 41.3 Å². The lowest BCUT2D eigenvalue weighted by Crippen LogP contribution is -2.36. The number of thiazole rings is 1. The first-order valence-corrected chi connectivity index (χ1v) is 10.2. The van der Waals surface area contributed by atoms with Crippen LogP contribution in [0.2, 0.25) is 0 Å². The van der Waals surface area contributed by atoms with Gasteiger partial charge in [-0.05, 0) is 45.4 Å². The van der Waals surface area contributed by atoms with E-state index in [2.05, 4.69) is 27.5 Å². The van der Waals surface area contributed by atoms with Crippen LogP contribution in [0.3, 0.4) is 0 Å². The van der Waals surface area contributed by atoms with E-state index in [-0.39, 0.29) is 24.0 Å². The van der Waals surface area contributed by atoms with Crippen molar-refractivity contribution in [1.29, 1.82) is 0 Å². The molecule has 0 aliphatic rings. The molecular weight excluding hydrogens is 503 g/mol. The number of ether oxygens (including phenoxy) is 3. The van der Waals surface area contributed by atoms with Gasteiger partial charge in [-0.2, -0.15) is 0 Å². The second-order valence-corrected chi connectivity index (χ2v) is 7.35. The molecule has 2 N–H and O–H groups in total. The lowest BCUT2D eigenvalue weighted by atomic mass is 10.2. The van der Waals surface area contributed by atoms with E-state index >= 15 is 0 Å². The minimum atomic E-state index is 0. The summed E-state index contributed by atoms with van der Waals surface area (Å²) in [5.41, 5.74) is 2.05. The molecule has 0 spiro atoms. The molecule has 1 aromatic carbocycles. The third-order valence-corrected chi connectivity index (χ3v) is 5.13. The van der Waals surface area contributed by atoms with Crippen molar-refractivity contribution in [1.82, 2.24) is 15.6 Å². The van der Waals surface area contributed by atoms with Crippen LogP contribution in [-0.4, -0.2) is 38.3 Å². The Bertz CT molecular complexity index is 767. The number of aliphatic imine (C=N–C) groups is 1. The van der Waals surface area contributed by atoms with Crippen molar-refractivity contribution in [2.45, 2.75) is 40.8 Å². The van der Waals surface area contributed by atoms with Crippen LogP contribution in [0.25, 0.3) is 0 Å². The average molecular weight is 534 g/mol. The highest BCUT2D eigenvalue weighted by atomic mass is 127. The Kier molecular flexibility index (Phi) is 11.1. The molecule has 0 aliphatic heterocycles. The van der Waals surface area contributed by atoms with Gasteiger partial charge in [0.15, 0.2) is 17.5 Å². The van der Waals surface area contributed by atoms with Gasteiger partial charge in [-0.3, -0.25) is 0 Å². The zero-order valence-corrected chi connectivity index (χ0v) is 21.1. The fourth-order valence-corrected chi connectivity index (χ4v) is 3.47. The SMILES string of the molecule is CCNC(=NCc1cc(OC)c(OCC)c(OC)c1)NCc1nc(C)c(C)s1.I. The second kappa shape index (κ2) is 12.7. The number of guanidine groups is 1. The molecule has 1 aromatic heterocycles. The summed E-state index contributed by atoms with van der Waals surface area (Å²) in [6, 6.07) is 3.85. The molecule has 0 aliphatic carbocycles. The smallest absolute Gasteiger partial charge is 0.203 e. The topological polar surface area (TPSA) is 77.0 Å². The predicted octanol–water partition coefficient (Wildman–Crippen LogP) is 4.05. The number of aromatic nitrogens is 1. The Morgan fingerprint density at radius 1 is 1.10 bits per heavy atom. The number of hydrogen-bond acceptors (Lipinski definition) is 6. The first-order chi connectivity index (χ1) is 13.5. The fourth-order valence-electron chi connectivity index (χ4n) is 2.60. The van der Waals surface area contributed by atoms with Crippen LogP contribution in [0.1, 0.15) is 35.0 Å². The van der Waals surface area contributed by atoms with Gasteiger partial charge in [-0.15, -0.1) is 35.3 Å². The zero-order chi connectivity index (χ0) is 20.5. The van der Waals surface area contributed by atoms with Crippen molar-refractivity contribution in [2.75, 3.05) is 27.4 Å². The summed E-state index contributed by atoms with van der Waals surface area (Å²) in [5.74, 6) is 2.62. The molecule has 1 heterocycles. The van der Waals surface area contributed by atoms with E-state index in [1.165, 1.54) is 4.88 Å².